The molecule has 0 aliphatic heterocycles. The number of halogens is 1. The Labute approximate surface area is 231 Å². The fourth-order valence-corrected chi connectivity index (χ4v) is 15.3. The summed E-state index contributed by atoms with van der Waals surface area (Å²) in [6.07, 6.45) is 41.8. The topological polar surface area (TPSA) is 0 Å². The summed E-state index contributed by atoms with van der Waals surface area (Å²) >= 11 is 3.21. The van der Waals surface area contributed by atoms with Gasteiger partial charge in [-0.05, 0) is 0 Å². The fourth-order valence-electron chi connectivity index (χ4n) is 5.82. The first-order valence-electron chi connectivity index (χ1n) is 16.3. The number of hydrogen-bond acceptors (Lipinski definition) is 0. The van der Waals surface area contributed by atoms with E-state index in [1.165, 1.54) is 154 Å². The van der Waals surface area contributed by atoms with E-state index < -0.39 is 4.25 Å². The minimum absolute atomic E-state index is 1.37. The third kappa shape index (κ3) is 20.2. The van der Waals surface area contributed by atoms with Crippen molar-refractivity contribution in [3.05, 3.63) is 0 Å². The third-order valence-corrected chi connectivity index (χ3v) is 19.8. The second-order valence-corrected chi connectivity index (χ2v) is 25.4. The van der Waals surface area contributed by atoms with Crippen molar-refractivity contribution in [1.29, 1.82) is 0 Å². The van der Waals surface area contributed by atoms with Crippen LogP contribution in [0.1, 0.15) is 182 Å². The Morgan fingerprint density at radius 1 is 0.294 bits per heavy atom. The Balaban J connectivity index is 5.00. The maximum atomic E-state index is 3.21. The van der Waals surface area contributed by atoms with E-state index in [1.54, 1.807) is 24.6 Å². The normalized spacial score (nSPS) is 13.3. The molecule has 0 aromatic heterocycles. The average Bonchev–Trinajstić information content (AvgIpc) is 2.83. The monoisotopic (exact) mass is 610 g/mol. The second kappa shape index (κ2) is 24.5. The summed E-state index contributed by atoms with van der Waals surface area (Å²) in [6, 6.07) is 0. The van der Waals surface area contributed by atoms with Crippen molar-refractivity contribution in [3.63, 3.8) is 0 Å². The molecule has 0 aromatic carbocycles. The predicted molar refractivity (Wildman–Crippen MR) is 174 cm³/mol. The van der Waals surface area contributed by atoms with Gasteiger partial charge in [0.25, 0.3) is 0 Å². The van der Waals surface area contributed by atoms with Crippen LogP contribution in [0.3, 0.4) is 0 Å². The maximum absolute atomic E-state index is 3.21. The zero-order valence-electron chi connectivity index (χ0n) is 24.6. The van der Waals surface area contributed by atoms with Crippen molar-refractivity contribution in [1.82, 2.24) is 0 Å². The van der Waals surface area contributed by atoms with Gasteiger partial charge in [0.15, 0.2) is 0 Å². The molecule has 0 saturated heterocycles. The summed E-state index contributed by atoms with van der Waals surface area (Å²) in [6.45, 7) is 9.38. The van der Waals surface area contributed by atoms with Crippen molar-refractivity contribution >= 4 is 26.3 Å². The van der Waals surface area contributed by atoms with Gasteiger partial charge in [-0.2, -0.15) is 0 Å². The summed E-state index contributed by atoms with van der Waals surface area (Å²) in [7, 11) is 0. The van der Waals surface area contributed by atoms with Gasteiger partial charge in [0.1, 0.15) is 0 Å². The molecule has 0 amide bonds. The average molecular weight is 611 g/mol. The molecule has 34 heavy (non-hydrogen) atoms. The molecule has 0 N–H and O–H groups in total. The summed E-state index contributed by atoms with van der Waals surface area (Å²) in [5, 5.41) is 0. The van der Waals surface area contributed by atoms with Gasteiger partial charge in [-0.1, -0.05) is 0 Å². The molecule has 0 atom stereocenters. The molecule has 0 aliphatic carbocycles. The quantitative estimate of drug-likeness (QED) is 0.0470. The van der Waals surface area contributed by atoms with E-state index in [2.05, 4.69) is 49.7 Å². The van der Waals surface area contributed by atoms with Crippen LogP contribution in [0, 0.1) is 0 Å². The van der Waals surface area contributed by atoms with Gasteiger partial charge in [0.05, 0.1) is 0 Å². The van der Waals surface area contributed by atoms with Crippen LogP contribution in [0.4, 0.5) is 0 Å². The Bertz CT molecular complexity index is 332. The molecule has 0 nitrogen and oxygen atoms in total. The molecule has 0 fully saturated rings. The van der Waals surface area contributed by atoms with Crippen molar-refractivity contribution < 1.29 is 0 Å². The molecule has 0 rings (SSSR count). The SMILES string of the molecule is CCCCCCCCP(I)(CCCCCCCC)(CCCCCCCC)CCCCCCCC. The van der Waals surface area contributed by atoms with Crippen LogP contribution in [0.5, 0.6) is 0 Å². The van der Waals surface area contributed by atoms with E-state index in [-0.39, 0.29) is 0 Å². The van der Waals surface area contributed by atoms with E-state index in [9.17, 15) is 0 Å². The fraction of sp³-hybridized carbons (Fsp3) is 1.00. The van der Waals surface area contributed by atoms with Gasteiger partial charge in [0, 0.05) is 0 Å². The molecule has 0 unspecified atom stereocenters. The van der Waals surface area contributed by atoms with Gasteiger partial charge in [-0.3, -0.25) is 0 Å². The van der Waals surface area contributed by atoms with Crippen molar-refractivity contribution in [2.24, 2.45) is 0 Å². The Hall–Kier alpha value is 1.16. The van der Waals surface area contributed by atoms with Crippen molar-refractivity contribution in [2.45, 2.75) is 182 Å². The Kier molecular flexibility index (Phi) is 25.3. The number of rotatable bonds is 28. The molecular formula is C32H68IP. The Morgan fingerprint density at radius 3 is 0.676 bits per heavy atom. The van der Waals surface area contributed by atoms with E-state index in [0.717, 1.165) is 0 Å². The first-order chi connectivity index (χ1) is 16.5. The summed E-state index contributed by atoms with van der Waals surface area (Å²) in [5.41, 5.74) is 0. The summed E-state index contributed by atoms with van der Waals surface area (Å²) < 4.78 is -1.60. The first kappa shape index (κ1) is 35.2. The zero-order valence-corrected chi connectivity index (χ0v) is 27.7. The van der Waals surface area contributed by atoms with Crippen molar-refractivity contribution in [2.75, 3.05) is 24.6 Å². The van der Waals surface area contributed by atoms with E-state index >= 15 is 0 Å². The third-order valence-electron chi connectivity index (χ3n) is 8.28. The number of hydrogen-bond donors (Lipinski definition) is 0. The standard InChI is InChI=1S/C32H68IP/c1-5-9-13-17-21-25-29-34(33,30-26-22-18-14-10-6-2,31-27-23-19-15-11-7-3)32-28-24-20-16-12-8-4/h5-32H2,1-4H3. The molecule has 0 radical (unpaired) electrons. The van der Waals surface area contributed by atoms with Gasteiger partial charge in [-0.15, -0.1) is 0 Å². The van der Waals surface area contributed by atoms with Crippen LogP contribution in [-0.4, -0.2) is 24.6 Å². The van der Waals surface area contributed by atoms with E-state index in [0.29, 0.717) is 0 Å². The van der Waals surface area contributed by atoms with Gasteiger partial charge < -0.3 is 0 Å². The van der Waals surface area contributed by atoms with E-state index in [4.69, 9.17) is 0 Å². The molecule has 2 heteroatoms. The van der Waals surface area contributed by atoms with Crippen LogP contribution < -0.4 is 0 Å². The van der Waals surface area contributed by atoms with Crippen LogP contribution >= 0.6 is 26.3 Å². The van der Waals surface area contributed by atoms with E-state index in [1.807, 2.05) is 0 Å². The summed E-state index contributed by atoms with van der Waals surface area (Å²) in [5.74, 6) is 0. The van der Waals surface area contributed by atoms with Crippen molar-refractivity contribution in [3.8, 4) is 0 Å². The van der Waals surface area contributed by atoms with Crippen LogP contribution in [-0.2, 0) is 0 Å². The van der Waals surface area contributed by atoms with Gasteiger partial charge in [-0.25, -0.2) is 0 Å². The predicted octanol–water partition coefficient (Wildman–Crippen LogP) is 13.3. The minimum atomic E-state index is -1.60. The van der Waals surface area contributed by atoms with Gasteiger partial charge in [0.2, 0.25) is 0 Å². The summed E-state index contributed by atoms with van der Waals surface area (Å²) in [4.78, 5) is 0. The first-order valence-corrected chi connectivity index (χ1v) is 22.0. The molecule has 0 spiro atoms. The molecule has 0 heterocycles. The second-order valence-electron chi connectivity index (χ2n) is 11.8. The molecule has 208 valence electrons. The Morgan fingerprint density at radius 2 is 0.471 bits per heavy atom. The number of unbranched alkanes of at least 4 members (excludes halogenated alkanes) is 20. The molecule has 0 aliphatic rings. The molecule has 0 aromatic rings. The molecular weight excluding hydrogens is 542 g/mol. The van der Waals surface area contributed by atoms with Crippen LogP contribution in [0.15, 0.2) is 0 Å². The molecule has 0 bridgehead atoms. The van der Waals surface area contributed by atoms with Gasteiger partial charge >= 0.3 is 233 Å². The van der Waals surface area contributed by atoms with Crippen LogP contribution in [0.25, 0.3) is 0 Å². The molecule has 0 saturated carbocycles. The van der Waals surface area contributed by atoms with Crippen LogP contribution in [0.2, 0.25) is 0 Å². The zero-order chi connectivity index (χ0) is 25.2.